The van der Waals surface area contributed by atoms with Crippen LogP contribution in [0.2, 0.25) is 0 Å². The monoisotopic (exact) mass is 377 g/mol. The Balaban J connectivity index is 1.79. The van der Waals surface area contributed by atoms with E-state index in [0.29, 0.717) is 24.6 Å². The standard InChI is InChI=1S/C22H27N5O/c1-4-27(13-12-26(2)3)21(28)19-7-5-6-18(14-19)16-8-10-17(11-9-16)20-15-24-22(23)25-20/h5-11,14-15H,4,12-13H2,1-3H3,(H3,23,24,25). The maximum Gasteiger partial charge on any atom is 0.253 e. The van der Waals surface area contributed by atoms with Crippen LogP contribution in [0.25, 0.3) is 22.4 Å². The van der Waals surface area contributed by atoms with Crippen molar-refractivity contribution in [1.29, 1.82) is 0 Å². The molecular formula is C22H27N5O. The molecule has 28 heavy (non-hydrogen) atoms. The van der Waals surface area contributed by atoms with Crippen LogP contribution in [-0.2, 0) is 0 Å². The van der Waals surface area contributed by atoms with Crippen molar-refractivity contribution in [2.45, 2.75) is 6.92 Å². The van der Waals surface area contributed by atoms with Crippen molar-refractivity contribution in [1.82, 2.24) is 19.8 Å². The number of hydrogen-bond acceptors (Lipinski definition) is 4. The zero-order valence-electron chi connectivity index (χ0n) is 16.6. The molecule has 146 valence electrons. The fraction of sp³-hybridized carbons (Fsp3) is 0.273. The summed E-state index contributed by atoms with van der Waals surface area (Å²) in [6.07, 6.45) is 1.72. The highest BCUT2D eigenvalue weighted by atomic mass is 16.2. The van der Waals surface area contributed by atoms with Gasteiger partial charge in [0.2, 0.25) is 0 Å². The Morgan fingerprint density at radius 3 is 2.36 bits per heavy atom. The van der Waals surface area contributed by atoms with Gasteiger partial charge < -0.3 is 20.5 Å². The number of benzene rings is 2. The number of nitrogens with two attached hydrogens (primary N) is 1. The third kappa shape index (κ3) is 4.58. The van der Waals surface area contributed by atoms with Crippen LogP contribution in [0.4, 0.5) is 5.95 Å². The first-order chi connectivity index (χ1) is 13.5. The third-order valence-electron chi connectivity index (χ3n) is 4.72. The van der Waals surface area contributed by atoms with Gasteiger partial charge in [-0.25, -0.2) is 4.98 Å². The number of nitrogens with one attached hydrogen (secondary N) is 1. The van der Waals surface area contributed by atoms with E-state index in [-0.39, 0.29) is 5.91 Å². The van der Waals surface area contributed by atoms with Gasteiger partial charge in [-0.05, 0) is 49.8 Å². The molecule has 0 spiro atoms. The minimum atomic E-state index is 0.0655. The summed E-state index contributed by atoms with van der Waals surface area (Å²) in [5, 5.41) is 0. The van der Waals surface area contributed by atoms with Crippen LogP contribution < -0.4 is 5.73 Å². The van der Waals surface area contributed by atoms with Crippen molar-refractivity contribution in [3.8, 4) is 22.4 Å². The molecule has 0 bridgehead atoms. The Morgan fingerprint density at radius 2 is 1.75 bits per heavy atom. The highest BCUT2D eigenvalue weighted by molar-refractivity contribution is 5.95. The summed E-state index contributed by atoms with van der Waals surface area (Å²) in [4.78, 5) is 23.9. The zero-order chi connectivity index (χ0) is 20.1. The summed E-state index contributed by atoms with van der Waals surface area (Å²) in [6.45, 7) is 4.27. The molecule has 1 amide bonds. The SMILES string of the molecule is CCN(CCN(C)C)C(=O)c1cccc(-c2ccc(-c3cnc(N)[nH]3)cc2)c1. The van der Waals surface area contributed by atoms with E-state index < -0.39 is 0 Å². The van der Waals surface area contributed by atoms with E-state index in [9.17, 15) is 4.79 Å². The molecule has 6 heteroatoms. The summed E-state index contributed by atoms with van der Waals surface area (Å²) in [5.41, 5.74) is 10.3. The first-order valence-electron chi connectivity index (χ1n) is 9.43. The zero-order valence-corrected chi connectivity index (χ0v) is 16.6. The smallest absolute Gasteiger partial charge is 0.253 e. The topological polar surface area (TPSA) is 78.2 Å². The molecule has 0 saturated carbocycles. The van der Waals surface area contributed by atoms with Crippen molar-refractivity contribution in [2.24, 2.45) is 0 Å². The number of imidazole rings is 1. The molecule has 3 rings (SSSR count). The van der Waals surface area contributed by atoms with Crippen molar-refractivity contribution in [2.75, 3.05) is 39.5 Å². The predicted octanol–water partition coefficient (Wildman–Crippen LogP) is 3.35. The molecule has 0 aliphatic heterocycles. The van der Waals surface area contributed by atoms with Crippen molar-refractivity contribution in [3.63, 3.8) is 0 Å². The van der Waals surface area contributed by atoms with E-state index in [0.717, 1.165) is 28.9 Å². The molecule has 0 aliphatic rings. The van der Waals surface area contributed by atoms with Gasteiger partial charge in [-0.2, -0.15) is 0 Å². The van der Waals surface area contributed by atoms with Gasteiger partial charge in [0.05, 0.1) is 11.9 Å². The molecule has 0 unspecified atom stereocenters. The molecule has 0 atom stereocenters. The molecule has 1 aromatic heterocycles. The van der Waals surface area contributed by atoms with Crippen molar-refractivity contribution >= 4 is 11.9 Å². The summed E-state index contributed by atoms with van der Waals surface area (Å²) >= 11 is 0. The summed E-state index contributed by atoms with van der Waals surface area (Å²) in [5.74, 6) is 0.468. The molecule has 0 radical (unpaired) electrons. The van der Waals surface area contributed by atoms with Crippen LogP contribution in [-0.4, -0.2) is 59.4 Å². The second-order valence-corrected chi connectivity index (χ2v) is 7.03. The molecule has 3 N–H and O–H groups in total. The van der Waals surface area contributed by atoms with Crippen LogP contribution in [0.5, 0.6) is 0 Å². The van der Waals surface area contributed by atoms with Gasteiger partial charge >= 0.3 is 0 Å². The number of anilines is 1. The van der Waals surface area contributed by atoms with E-state index >= 15 is 0 Å². The number of amides is 1. The molecule has 3 aromatic rings. The van der Waals surface area contributed by atoms with Gasteiger partial charge in [0.15, 0.2) is 5.95 Å². The average Bonchev–Trinajstić information content (AvgIpc) is 3.14. The molecular weight excluding hydrogens is 350 g/mol. The van der Waals surface area contributed by atoms with E-state index in [1.54, 1.807) is 6.20 Å². The Kier molecular flexibility index (Phi) is 6.11. The van der Waals surface area contributed by atoms with Crippen LogP contribution in [0.15, 0.2) is 54.7 Å². The highest BCUT2D eigenvalue weighted by Gasteiger charge is 2.15. The largest absolute Gasteiger partial charge is 0.369 e. The highest BCUT2D eigenvalue weighted by Crippen LogP contribution is 2.25. The lowest BCUT2D eigenvalue weighted by Crippen LogP contribution is -2.36. The van der Waals surface area contributed by atoms with Crippen molar-refractivity contribution < 1.29 is 4.79 Å². The molecule has 1 heterocycles. The lowest BCUT2D eigenvalue weighted by Gasteiger charge is -2.23. The molecule has 0 saturated heterocycles. The van der Waals surface area contributed by atoms with Crippen LogP contribution in [0.3, 0.4) is 0 Å². The minimum Gasteiger partial charge on any atom is -0.369 e. The Hall–Kier alpha value is -3.12. The lowest BCUT2D eigenvalue weighted by molar-refractivity contribution is 0.0754. The molecule has 0 aliphatic carbocycles. The summed E-state index contributed by atoms with van der Waals surface area (Å²) in [7, 11) is 4.03. The number of rotatable bonds is 7. The van der Waals surface area contributed by atoms with Gasteiger partial charge in [0.1, 0.15) is 0 Å². The van der Waals surface area contributed by atoms with Gasteiger partial charge in [0.25, 0.3) is 5.91 Å². The van der Waals surface area contributed by atoms with Crippen LogP contribution in [0.1, 0.15) is 17.3 Å². The second-order valence-electron chi connectivity index (χ2n) is 7.03. The minimum absolute atomic E-state index is 0.0655. The second kappa shape index (κ2) is 8.71. The fourth-order valence-electron chi connectivity index (χ4n) is 3.06. The first-order valence-corrected chi connectivity index (χ1v) is 9.43. The number of hydrogen-bond donors (Lipinski definition) is 2. The number of H-pyrrole nitrogens is 1. The maximum atomic E-state index is 12.9. The number of likely N-dealkylation sites (N-methyl/N-ethyl adjacent to an activating group) is 2. The van der Waals surface area contributed by atoms with Gasteiger partial charge in [-0.1, -0.05) is 36.4 Å². The summed E-state index contributed by atoms with van der Waals surface area (Å²) < 4.78 is 0. The Morgan fingerprint density at radius 1 is 1.04 bits per heavy atom. The molecule has 0 fully saturated rings. The normalized spacial score (nSPS) is 11.0. The number of nitrogen functional groups attached to an aromatic ring is 1. The van der Waals surface area contributed by atoms with E-state index in [2.05, 4.69) is 14.9 Å². The molecule has 2 aromatic carbocycles. The number of aromatic amines is 1. The third-order valence-corrected chi connectivity index (χ3v) is 4.72. The lowest BCUT2D eigenvalue weighted by atomic mass is 10.0. The molecule has 6 nitrogen and oxygen atoms in total. The summed E-state index contributed by atoms with van der Waals surface area (Å²) in [6, 6.07) is 15.9. The van der Waals surface area contributed by atoms with Crippen LogP contribution in [0, 0.1) is 0 Å². The quantitative estimate of drug-likeness (QED) is 0.662. The van der Waals surface area contributed by atoms with Crippen molar-refractivity contribution in [3.05, 3.63) is 60.3 Å². The first kappa shape index (κ1) is 19.6. The van der Waals surface area contributed by atoms with E-state index in [1.165, 1.54) is 0 Å². The number of carbonyl (C=O) groups excluding carboxylic acids is 1. The average molecular weight is 377 g/mol. The van der Waals surface area contributed by atoms with E-state index in [1.807, 2.05) is 74.4 Å². The predicted molar refractivity (Wildman–Crippen MR) is 114 cm³/mol. The van der Waals surface area contributed by atoms with Gasteiger partial charge in [0, 0.05) is 25.2 Å². The number of nitrogens with zero attached hydrogens (tertiary/aromatic N) is 3. The Labute approximate surface area is 166 Å². The van der Waals surface area contributed by atoms with E-state index in [4.69, 9.17) is 5.73 Å². The van der Waals surface area contributed by atoms with Gasteiger partial charge in [-0.3, -0.25) is 4.79 Å². The number of aromatic nitrogens is 2. The number of carbonyl (C=O) groups is 1. The fourth-order valence-corrected chi connectivity index (χ4v) is 3.06. The van der Waals surface area contributed by atoms with Crippen LogP contribution >= 0.6 is 0 Å². The Bertz CT molecular complexity index is 930. The maximum absolute atomic E-state index is 12.9. The van der Waals surface area contributed by atoms with Gasteiger partial charge in [-0.15, -0.1) is 0 Å².